The molecule has 0 heterocycles. The number of amides is 1. The molecule has 0 aliphatic carbocycles. The van der Waals surface area contributed by atoms with Crippen LogP contribution in [0.4, 0.5) is 5.69 Å². The Bertz CT molecular complexity index is 915. The lowest BCUT2D eigenvalue weighted by molar-refractivity contribution is -0.115. The average Bonchev–Trinajstić information content (AvgIpc) is 2.55. The van der Waals surface area contributed by atoms with Crippen LogP contribution in [0, 0.1) is 25.2 Å². The van der Waals surface area contributed by atoms with Gasteiger partial charge >= 0.3 is 0 Å². The van der Waals surface area contributed by atoms with Crippen molar-refractivity contribution in [3.63, 3.8) is 0 Å². The van der Waals surface area contributed by atoms with E-state index in [1.165, 1.54) is 18.2 Å². The SMILES string of the molecule is Cc1ccc(NC(=O)CNS(=O)(=O)c2ccccc2C#N)c(C)c1. The van der Waals surface area contributed by atoms with Crippen LogP contribution in [0.3, 0.4) is 0 Å². The molecule has 0 radical (unpaired) electrons. The van der Waals surface area contributed by atoms with Gasteiger partial charge in [0.2, 0.25) is 15.9 Å². The number of nitrogens with zero attached hydrogens (tertiary/aromatic N) is 1. The van der Waals surface area contributed by atoms with E-state index in [0.29, 0.717) is 5.69 Å². The molecule has 124 valence electrons. The predicted molar refractivity (Wildman–Crippen MR) is 90.9 cm³/mol. The summed E-state index contributed by atoms with van der Waals surface area (Å²) < 4.78 is 26.7. The van der Waals surface area contributed by atoms with Crippen LogP contribution in [0.25, 0.3) is 0 Å². The number of carbonyl (C=O) groups excluding carboxylic acids is 1. The van der Waals surface area contributed by atoms with Crippen molar-refractivity contribution in [2.45, 2.75) is 18.7 Å². The highest BCUT2D eigenvalue weighted by Crippen LogP contribution is 2.16. The molecule has 0 spiro atoms. The van der Waals surface area contributed by atoms with Crippen molar-refractivity contribution >= 4 is 21.6 Å². The molecule has 7 heteroatoms. The van der Waals surface area contributed by atoms with Gasteiger partial charge in [0.05, 0.1) is 17.0 Å². The van der Waals surface area contributed by atoms with Gasteiger partial charge < -0.3 is 5.32 Å². The van der Waals surface area contributed by atoms with Crippen molar-refractivity contribution in [3.05, 3.63) is 59.2 Å². The second-order valence-corrected chi connectivity index (χ2v) is 7.03. The minimum absolute atomic E-state index is 0.0276. The van der Waals surface area contributed by atoms with Crippen molar-refractivity contribution in [1.82, 2.24) is 4.72 Å². The molecule has 0 saturated carbocycles. The fourth-order valence-corrected chi connectivity index (χ4v) is 3.32. The van der Waals surface area contributed by atoms with Gasteiger partial charge in [0.15, 0.2) is 0 Å². The molecule has 2 aromatic rings. The number of anilines is 1. The third-order valence-corrected chi connectivity index (χ3v) is 4.84. The van der Waals surface area contributed by atoms with E-state index >= 15 is 0 Å². The van der Waals surface area contributed by atoms with E-state index in [1.54, 1.807) is 12.1 Å². The molecule has 0 aliphatic heterocycles. The molecule has 0 saturated heterocycles. The molecular weight excluding hydrogens is 326 g/mol. The summed E-state index contributed by atoms with van der Waals surface area (Å²) in [5.74, 6) is -0.486. The first-order valence-electron chi connectivity index (χ1n) is 7.19. The molecule has 0 aliphatic rings. The van der Waals surface area contributed by atoms with E-state index in [9.17, 15) is 13.2 Å². The third-order valence-electron chi connectivity index (χ3n) is 3.38. The minimum Gasteiger partial charge on any atom is -0.325 e. The van der Waals surface area contributed by atoms with Crippen molar-refractivity contribution in [2.75, 3.05) is 11.9 Å². The zero-order valence-electron chi connectivity index (χ0n) is 13.3. The number of aryl methyl sites for hydroxylation is 2. The Balaban J connectivity index is 2.07. The van der Waals surface area contributed by atoms with Crippen molar-refractivity contribution < 1.29 is 13.2 Å². The van der Waals surface area contributed by atoms with E-state index < -0.39 is 22.5 Å². The zero-order chi connectivity index (χ0) is 17.7. The van der Waals surface area contributed by atoms with Crippen LogP contribution < -0.4 is 10.0 Å². The first kappa shape index (κ1) is 17.7. The number of nitrogens with one attached hydrogen (secondary N) is 2. The molecule has 0 aromatic heterocycles. The van der Waals surface area contributed by atoms with E-state index in [4.69, 9.17) is 5.26 Å². The van der Waals surface area contributed by atoms with Gasteiger partial charge in [-0.1, -0.05) is 29.8 Å². The summed E-state index contributed by atoms with van der Waals surface area (Å²) in [5, 5.41) is 11.6. The molecule has 6 nitrogen and oxygen atoms in total. The summed E-state index contributed by atoms with van der Waals surface area (Å²) in [6, 6.07) is 13.2. The number of hydrogen-bond acceptors (Lipinski definition) is 4. The number of sulfonamides is 1. The molecule has 24 heavy (non-hydrogen) atoms. The normalized spacial score (nSPS) is 10.9. The third kappa shape index (κ3) is 4.19. The highest BCUT2D eigenvalue weighted by atomic mass is 32.2. The second-order valence-electron chi connectivity index (χ2n) is 5.30. The number of nitriles is 1. The average molecular weight is 343 g/mol. The van der Waals surface area contributed by atoms with Crippen LogP contribution in [0.1, 0.15) is 16.7 Å². The molecule has 0 bridgehead atoms. The fourth-order valence-electron chi connectivity index (χ4n) is 2.18. The molecule has 2 rings (SSSR count). The maximum atomic E-state index is 12.2. The van der Waals surface area contributed by atoms with Gasteiger partial charge in [-0.25, -0.2) is 13.1 Å². The number of hydrogen-bond donors (Lipinski definition) is 2. The van der Waals surface area contributed by atoms with Crippen LogP contribution in [-0.4, -0.2) is 20.9 Å². The van der Waals surface area contributed by atoms with Gasteiger partial charge in [0.1, 0.15) is 6.07 Å². The fraction of sp³-hybridized carbons (Fsp3) is 0.176. The maximum absolute atomic E-state index is 12.2. The summed E-state index contributed by atoms with van der Waals surface area (Å²) in [7, 11) is -3.94. The quantitative estimate of drug-likeness (QED) is 0.868. The van der Waals surface area contributed by atoms with Gasteiger partial charge in [-0.15, -0.1) is 0 Å². The molecule has 0 unspecified atom stereocenters. The molecule has 1 amide bonds. The first-order valence-corrected chi connectivity index (χ1v) is 8.67. The van der Waals surface area contributed by atoms with Gasteiger partial charge in [0.25, 0.3) is 0 Å². The lowest BCUT2D eigenvalue weighted by Crippen LogP contribution is -2.33. The van der Waals surface area contributed by atoms with Crippen LogP contribution in [0.15, 0.2) is 47.4 Å². The molecule has 0 fully saturated rings. The molecule has 2 aromatic carbocycles. The summed E-state index contributed by atoms with van der Waals surface area (Å²) in [6.45, 7) is 3.38. The van der Waals surface area contributed by atoms with Gasteiger partial charge in [0, 0.05) is 5.69 Å². The van der Waals surface area contributed by atoms with E-state index in [-0.39, 0.29) is 10.5 Å². The zero-order valence-corrected chi connectivity index (χ0v) is 14.1. The Hall–Kier alpha value is -2.69. The largest absolute Gasteiger partial charge is 0.325 e. The lowest BCUT2D eigenvalue weighted by atomic mass is 10.1. The van der Waals surface area contributed by atoms with Gasteiger partial charge in [-0.3, -0.25) is 4.79 Å². The van der Waals surface area contributed by atoms with Crippen LogP contribution in [-0.2, 0) is 14.8 Å². The van der Waals surface area contributed by atoms with Crippen molar-refractivity contribution in [3.8, 4) is 6.07 Å². The second kappa shape index (κ2) is 7.25. The molecule has 0 atom stereocenters. The van der Waals surface area contributed by atoms with E-state index in [1.807, 2.05) is 32.0 Å². The number of rotatable bonds is 5. The highest BCUT2D eigenvalue weighted by molar-refractivity contribution is 7.89. The standard InChI is InChI=1S/C17H17N3O3S/c1-12-7-8-15(13(2)9-12)20-17(21)11-19-24(22,23)16-6-4-3-5-14(16)10-18/h3-9,19H,11H2,1-2H3,(H,20,21). The van der Waals surface area contributed by atoms with Crippen molar-refractivity contribution in [1.29, 1.82) is 5.26 Å². The van der Waals surface area contributed by atoms with E-state index in [2.05, 4.69) is 10.0 Å². The van der Waals surface area contributed by atoms with Gasteiger partial charge in [-0.05, 0) is 37.6 Å². The monoisotopic (exact) mass is 343 g/mol. The van der Waals surface area contributed by atoms with E-state index in [0.717, 1.165) is 11.1 Å². The van der Waals surface area contributed by atoms with Crippen molar-refractivity contribution in [2.24, 2.45) is 0 Å². The summed E-state index contributed by atoms with van der Waals surface area (Å²) >= 11 is 0. The lowest BCUT2D eigenvalue weighted by Gasteiger charge is -2.11. The topological polar surface area (TPSA) is 99.1 Å². The van der Waals surface area contributed by atoms with Crippen LogP contribution >= 0.6 is 0 Å². The summed E-state index contributed by atoms with van der Waals surface area (Å²) in [6.07, 6.45) is 0. The number of benzene rings is 2. The highest BCUT2D eigenvalue weighted by Gasteiger charge is 2.19. The Labute approximate surface area is 141 Å². The predicted octanol–water partition coefficient (Wildman–Crippen LogP) is 2.09. The number of carbonyl (C=O) groups is 1. The molecule has 2 N–H and O–H groups in total. The minimum atomic E-state index is -3.94. The first-order chi connectivity index (χ1) is 11.3. The van der Waals surface area contributed by atoms with Crippen LogP contribution in [0.2, 0.25) is 0 Å². The van der Waals surface area contributed by atoms with Gasteiger partial charge in [-0.2, -0.15) is 5.26 Å². The molecular formula is C17H17N3O3S. The Kier molecular flexibility index (Phi) is 5.34. The summed E-state index contributed by atoms with van der Waals surface area (Å²) in [4.78, 5) is 11.8. The Morgan fingerprint density at radius 1 is 1.17 bits per heavy atom. The smallest absolute Gasteiger partial charge is 0.242 e. The Morgan fingerprint density at radius 3 is 2.54 bits per heavy atom. The Morgan fingerprint density at radius 2 is 1.88 bits per heavy atom. The summed E-state index contributed by atoms with van der Waals surface area (Å²) in [5.41, 5.74) is 2.61. The maximum Gasteiger partial charge on any atom is 0.242 e. The van der Waals surface area contributed by atoms with Crippen LogP contribution in [0.5, 0.6) is 0 Å².